The molecule has 0 atom stereocenters. The minimum absolute atomic E-state index is 0.130. The lowest BCUT2D eigenvalue weighted by Gasteiger charge is -2.11. The van der Waals surface area contributed by atoms with E-state index >= 15 is 0 Å². The van der Waals surface area contributed by atoms with E-state index in [9.17, 15) is 9.59 Å². The molecule has 0 saturated carbocycles. The number of hydrogen-bond donors (Lipinski definition) is 1. The molecule has 4 rings (SSSR count). The van der Waals surface area contributed by atoms with Gasteiger partial charge in [-0.25, -0.2) is 14.5 Å². The zero-order valence-corrected chi connectivity index (χ0v) is 18.0. The Morgan fingerprint density at radius 1 is 1.19 bits per heavy atom. The molecule has 2 aromatic heterocycles. The Balaban J connectivity index is 1.41. The van der Waals surface area contributed by atoms with Gasteiger partial charge in [-0.15, -0.1) is 0 Å². The average molecular weight is 432 g/mol. The monoisotopic (exact) mass is 432 g/mol. The summed E-state index contributed by atoms with van der Waals surface area (Å²) >= 11 is 0. The molecule has 0 aliphatic carbocycles. The normalized spacial score (nSPS) is 10.9. The predicted octanol–water partition coefficient (Wildman–Crippen LogP) is 3.00. The van der Waals surface area contributed by atoms with E-state index in [2.05, 4.69) is 15.4 Å². The van der Waals surface area contributed by atoms with Crippen LogP contribution in [0.4, 0.5) is 0 Å². The quantitative estimate of drug-likeness (QED) is 0.430. The summed E-state index contributed by atoms with van der Waals surface area (Å²) in [6, 6.07) is 13.2. The van der Waals surface area contributed by atoms with Crippen molar-refractivity contribution in [3.05, 3.63) is 87.8 Å². The van der Waals surface area contributed by atoms with E-state index in [0.29, 0.717) is 36.4 Å². The standard InChI is InChI=1S/C24H24N4O4/c1-16-20-8-7-19(31-2)11-22(20)32-24(30)21(16)9-10-23(29)26-12-17-5-3-4-6-18(17)13-28-15-25-14-27-28/h3-8,11,14-15H,9-10,12-13H2,1-2H3,(H,26,29). The molecular weight excluding hydrogens is 408 g/mol. The number of carbonyl (C=O) groups is 1. The summed E-state index contributed by atoms with van der Waals surface area (Å²) in [5.41, 5.74) is 3.46. The number of aryl methyl sites for hydroxylation is 1. The highest BCUT2D eigenvalue weighted by Crippen LogP contribution is 2.24. The van der Waals surface area contributed by atoms with Crippen LogP contribution in [0.25, 0.3) is 11.0 Å². The Kier molecular flexibility index (Phi) is 6.30. The van der Waals surface area contributed by atoms with Gasteiger partial charge in [0.15, 0.2) is 0 Å². The van der Waals surface area contributed by atoms with Gasteiger partial charge in [0.2, 0.25) is 5.91 Å². The summed E-state index contributed by atoms with van der Waals surface area (Å²) in [7, 11) is 1.56. The Morgan fingerprint density at radius 2 is 2.00 bits per heavy atom. The van der Waals surface area contributed by atoms with Gasteiger partial charge in [0.05, 0.1) is 13.7 Å². The number of rotatable bonds is 8. The number of fused-ring (bicyclic) bond motifs is 1. The Bertz CT molecular complexity index is 1300. The van der Waals surface area contributed by atoms with Crippen LogP contribution in [-0.4, -0.2) is 27.8 Å². The number of nitrogens with zero attached hydrogens (tertiary/aromatic N) is 3. The third kappa shape index (κ3) is 4.69. The zero-order chi connectivity index (χ0) is 22.5. The van der Waals surface area contributed by atoms with Crippen molar-refractivity contribution in [3.8, 4) is 5.75 Å². The van der Waals surface area contributed by atoms with Crippen molar-refractivity contribution in [2.24, 2.45) is 0 Å². The zero-order valence-electron chi connectivity index (χ0n) is 18.0. The van der Waals surface area contributed by atoms with Crippen LogP contribution in [-0.2, 0) is 24.3 Å². The highest BCUT2D eigenvalue weighted by molar-refractivity contribution is 5.82. The lowest BCUT2D eigenvalue weighted by atomic mass is 10.0. The van der Waals surface area contributed by atoms with Gasteiger partial charge in [-0.2, -0.15) is 5.10 Å². The lowest BCUT2D eigenvalue weighted by Crippen LogP contribution is -2.25. The van der Waals surface area contributed by atoms with Crippen molar-refractivity contribution in [2.45, 2.75) is 32.9 Å². The van der Waals surface area contributed by atoms with E-state index in [0.717, 1.165) is 22.1 Å². The Morgan fingerprint density at radius 3 is 2.75 bits per heavy atom. The first-order valence-electron chi connectivity index (χ1n) is 10.3. The molecule has 0 unspecified atom stereocenters. The van der Waals surface area contributed by atoms with Gasteiger partial charge in [0, 0.05) is 30.0 Å². The van der Waals surface area contributed by atoms with Gasteiger partial charge in [-0.05, 0) is 42.2 Å². The van der Waals surface area contributed by atoms with Crippen LogP contribution in [0.2, 0.25) is 0 Å². The van der Waals surface area contributed by atoms with Gasteiger partial charge < -0.3 is 14.5 Å². The van der Waals surface area contributed by atoms with Gasteiger partial charge in [0.25, 0.3) is 0 Å². The fourth-order valence-electron chi connectivity index (χ4n) is 3.68. The van der Waals surface area contributed by atoms with Gasteiger partial charge in [0.1, 0.15) is 24.0 Å². The van der Waals surface area contributed by atoms with Crippen molar-refractivity contribution in [1.82, 2.24) is 20.1 Å². The first kappa shape index (κ1) is 21.3. The summed E-state index contributed by atoms with van der Waals surface area (Å²) < 4.78 is 12.4. The van der Waals surface area contributed by atoms with Crippen LogP contribution < -0.4 is 15.7 Å². The summed E-state index contributed by atoms with van der Waals surface area (Å²) in [4.78, 5) is 28.9. The number of benzene rings is 2. The highest BCUT2D eigenvalue weighted by Gasteiger charge is 2.14. The van der Waals surface area contributed by atoms with Crippen LogP contribution in [0, 0.1) is 6.92 Å². The summed E-state index contributed by atoms with van der Waals surface area (Å²) in [6.07, 6.45) is 3.65. The molecule has 32 heavy (non-hydrogen) atoms. The number of hydrogen-bond acceptors (Lipinski definition) is 6. The number of methoxy groups -OCH3 is 1. The van der Waals surface area contributed by atoms with Crippen molar-refractivity contribution >= 4 is 16.9 Å². The Labute approximate surface area is 184 Å². The molecule has 0 spiro atoms. The van der Waals surface area contributed by atoms with Crippen LogP contribution >= 0.6 is 0 Å². The minimum Gasteiger partial charge on any atom is -0.497 e. The van der Waals surface area contributed by atoms with E-state index in [4.69, 9.17) is 9.15 Å². The third-order valence-electron chi connectivity index (χ3n) is 5.49. The molecule has 2 heterocycles. The maximum absolute atomic E-state index is 12.5. The summed E-state index contributed by atoms with van der Waals surface area (Å²) in [5, 5.41) is 7.91. The molecule has 8 heteroatoms. The molecule has 0 radical (unpaired) electrons. The SMILES string of the molecule is COc1ccc2c(C)c(CCC(=O)NCc3ccccc3Cn3cncn3)c(=O)oc2c1. The van der Waals surface area contributed by atoms with Gasteiger partial charge >= 0.3 is 5.63 Å². The molecule has 0 aliphatic rings. The number of aromatic nitrogens is 3. The third-order valence-corrected chi connectivity index (χ3v) is 5.49. The van der Waals surface area contributed by atoms with Crippen molar-refractivity contribution in [3.63, 3.8) is 0 Å². The molecule has 1 amide bonds. The van der Waals surface area contributed by atoms with Crippen LogP contribution in [0.1, 0.15) is 28.7 Å². The number of carbonyl (C=O) groups excluding carboxylic acids is 1. The second-order valence-electron chi connectivity index (χ2n) is 7.49. The molecule has 0 saturated heterocycles. The second-order valence-corrected chi connectivity index (χ2v) is 7.49. The largest absolute Gasteiger partial charge is 0.497 e. The molecule has 1 N–H and O–H groups in total. The van der Waals surface area contributed by atoms with Crippen molar-refractivity contribution < 1.29 is 13.9 Å². The number of amides is 1. The van der Waals surface area contributed by atoms with Crippen LogP contribution in [0.3, 0.4) is 0 Å². The van der Waals surface area contributed by atoms with E-state index in [1.54, 1.807) is 24.2 Å². The van der Waals surface area contributed by atoms with Crippen molar-refractivity contribution in [1.29, 1.82) is 0 Å². The van der Waals surface area contributed by atoms with Crippen LogP contribution in [0.5, 0.6) is 5.75 Å². The summed E-state index contributed by atoms with van der Waals surface area (Å²) in [5.74, 6) is 0.491. The average Bonchev–Trinajstić information content (AvgIpc) is 3.31. The first-order valence-corrected chi connectivity index (χ1v) is 10.3. The molecule has 0 aliphatic heterocycles. The van der Waals surface area contributed by atoms with E-state index < -0.39 is 5.63 Å². The molecule has 0 bridgehead atoms. The molecule has 8 nitrogen and oxygen atoms in total. The van der Waals surface area contributed by atoms with E-state index in [1.807, 2.05) is 43.3 Å². The molecule has 4 aromatic rings. The van der Waals surface area contributed by atoms with Gasteiger partial charge in [-0.3, -0.25) is 4.79 Å². The lowest BCUT2D eigenvalue weighted by molar-refractivity contribution is -0.121. The van der Waals surface area contributed by atoms with E-state index in [-0.39, 0.29) is 12.3 Å². The Hall–Kier alpha value is -3.94. The number of nitrogens with one attached hydrogen (secondary N) is 1. The van der Waals surface area contributed by atoms with Gasteiger partial charge in [-0.1, -0.05) is 24.3 Å². The molecule has 0 fully saturated rings. The number of ether oxygens (including phenoxy) is 1. The fraction of sp³-hybridized carbons (Fsp3) is 0.250. The first-order chi connectivity index (χ1) is 15.5. The summed E-state index contributed by atoms with van der Waals surface area (Å²) in [6.45, 7) is 2.85. The predicted molar refractivity (Wildman–Crippen MR) is 120 cm³/mol. The minimum atomic E-state index is -0.422. The fourth-order valence-corrected chi connectivity index (χ4v) is 3.68. The van der Waals surface area contributed by atoms with Crippen molar-refractivity contribution in [2.75, 3.05) is 7.11 Å². The smallest absolute Gasteiger partial charge is 0.339 e. The topological polar surface area (TPSA) is 99.2 Å². The molecular formula is C24H24N4O4. The highest BCUT2D eigenvalue weighted by atomic mass is 16.5. The molecule has 164 valence electrons. The maximum Gasteiger partial charge on any atom is 0.339 e. The molecule has 2 aromatic carbocycles. The second kappa shape index (κ2) is 9.47. The maximum atomic E-state index is 12.5. The van der Waals surface area contributed by atoms with Crippen LogP contribution in [0.15, 0.2) is 64.3 Å². The van der Waals surface area contributed by atoms with E-state index in [1.165, 1.54) is 6.33 Å².